The lowest BCUT2D eigenvalue weighted by molar-refractivity contribution is 0.0360. The smallest absolute Gasteiger partial charge is 0.257 e. The first-order valence-electron chi connectivity index (χ1n) is 10.3. The van der Waals surface area contributed by atoms with E-state index in [2.05, 4.69) is 15.5 Å². The van der Waals surface area contributed by atoms with Gasteiger partial charge in [-0.05, 0) is 61.5 Å². The Bertz CT molecular complexity index is 1180. The number of nitrogens with zero attached hydrogens (tertiary/aromatic N) is 2. The van der Waals surface area contributed by atoms with Crippen molar-refractivity contribution >= 4 is 28.8 Å². The summed E-state index contributed by atoms with van der Waals surface area (Å²) in [6.07, 6.45) is 1.92. The van der Waals surface area contributed by atoms with Crippen LogP contribution in [0.15, 0.2) is 65.9 Å². The van der Waals surface area contributed by atoms with E-state index in [9.17, 15) is 4.79 Å². The fourth-order valence-electron chi connectivity index (χ4n) is 3.50. The van der Waals surface area contributed by atoms with Gasteiger partial charge in [0.2, 0.25) is 0 Å². The van der Waals surface area contributed by atoms with Gasteiger partial charge in [-0.1, -0.05) is 5.16 Å². The van der Waals surface area contributed by atoms with Crippen molar-refractivity contribution in [2.24, 2.45) is 5.16 Å². The van der Waals surface area contributed by atoms with Gasteiger partial charge in [0.1, 0.15) is 36.6 Å². The molecule has 0 saturated carbocycles. The van der Waals surface area contributed by atoms with Crippen molar-refractivity contribution in [2.45, 2.75) is 18.9 Å². The molecule has 0 aliphatic carbocycles. The molecule has 0 saturated heterocycles. The summed E-state index contributed by atoms with van der Waals surface area (Å²) >= 11 is 0. The van der Waals surface area contributed by atoms with E-state index in [1.807, 2.05) is 19.1 Å². The van der Waals surface area contributed by atoms with Crippen molar-refractivity contribution in [3.05, 3.63) is 71.9 Å². The molecule has 33 heavy (non-hydrogen) atoms. The quantitative estimate of drug-likeness (QED) is 0.389. The number of carbonyl (C=O) groups is 1. The highest BCUT2D eigenvalue weighted by Gasteiger charge is 2.37. The Balaban J connectivity index is 1.40. The summed E-state index contributed by atoms with van der Waals surface area (Å²) in [6.45, 7) is 2.23. The highest BCUT2D eigenvalue weighted by molar-refractivity contribution is 6.05. The highest BCUT2D eigenvalue weighted by Crippen LogP contribution is 2.35. The third-order valence-electron chi connectivity index (χ3n) is 5.12. The molecule has 0 spiro atoms. The molecule has 1 amide bonds. The van der Waals surface area contributed by atoms with Gasteiger partial charge in [-0.25, -0.2) is 4.98 Å². The van der Waals surface area contributed by atoms with Crippen LogP contribution in [0.4, 0.5) is 17.2 Å². The number of oxime groups is 1. The number of nitrogens with one attached hydrogen (secondary N) is 1. The van der Waals surface area contributed by atoms with Gasteiger partial charge in [-0.3, -0.25) is 4.79 Å². The molecule has 1 aromatic heterocycles. The predicted molar refractivity (Wildman–Crippen MR) is 127 cm³/mol. The number of nitrogen functional groups attached to an aromatic ring is 2. The minimum atomic E-state index is -0.657. The largest absolute Gasteiger partial charge is 0.489 e. The zero-order valence-corrected chi connectivity index (χ0v) is 18.4. The van der Waals surface area contributed by atoms with Gasteiger partial charge >= 0.3 is 0 Å². The lowest BCUT2D eigenvalue weighted by atomic mass is 9.91. The van der Waals surface area contributed by atoms with Crippen molar-refractivity contribution in [1.82, 2.24) is 4.98 Å². The number of nitrogens with two attached hydrogens (primary N) is 2. The van der Waals surface area contributed by atoms with Crippen molar-refractivity contribution in [3.63, 3.8) is 0 Å². The van der Waals surface area contributed by atoms with E-state index in [-0.39, 0.29) is 12.5 Å². The number of hydrogen-bond acceptors (Lipinski definition) is 8. The van der Waals surface area contributed by atoms with Crippen LogP contribution in [0.2, 0.25) is 0 Å². The van der Waals surface area contributed by atoms with Gasteiger partial charge in [0.15, 0.2) is 0 Å². The van der Waals surface area contributed by atoms with Crippen LogP contribution in [-0.2, 0) is 4.84 Å². The molecule has 5 N–H and O–H groups in total. The standard InChI is InChI=1S/C24H25N5O4/c1-24(12-20(29-31-2)19-11-16(25)4-9-21(19)33-24)14-32-18-7-5-17(6-8-18)28-23(30)15-3-10-22(26)27-13-15/h3-11,13H,12,14,25H2,1-2H3,(H2,26,27)(H,28,30). The summed E-state index contributed by atoms with van der Waals surface area (Å²) in [5.41, 5.74) is 14.0. The molecule has 0 fully saturated rings. The number of ether oxygens (including phenoxy) is 2. The molecule has 1 atom stereocenters. The first kappa shape index (κ1) is 21.9. The Morgan fingerprint density at radius 3 is 2.67 bits per heavy atom. The Kier molecular flexibility index (Phi) is 6.03. The van der Waals surface area contributed by atoms with Crippen LogP contribution in [0.25, 0.3) is 0 Å². The number of aromatic nitrogens is 1. The van der Waals surface area contributed by atoms with Crippen LogP contribution in [0.5, 0.6) is 11.5 Å². The van der Waals surface area contributed by atoms with Crippen molar-refractivity contribution in [2.75, 3.05) is 30.5 Å². The van der Waals surface area contributed by atoms with E-state index in [1.165, 1.54) is 13.3 Å². The van der Waals surface area contributed by atoms with E-state index in [1.54, 1.807) is 42.5 Å². The number of fused-ring (bicyclic) bond motifs is 1. The second-order valence-corrected chi connectivity index (χ2v) is 7.94. The molecule has 170 valence electrons. The Labute approximate surface area is 191 Å². The molecule has 0 bridgehead atoms. The van der Waals surface area contributed by atoms with Gasteiger partial charge in [0, 0.05) is 29.6 Å². The van der Waals surface area contributed by atoms with Crippen LogP contribution < -0.4 is 26.3 Å². The molecule has 1 unspecified atom stereocenters. The summed E-state index contributed by atoms with van der Waals surface area (Å²) in [5, 5.41) is 6.97. The number of rotatable bonds is 6. The maximum atomic E-state index is 12.3. The first-order chi connectivity index (χ1) is 15.8. The minimum Gasteiger partial charge on any atom is -0.489 e. The fraction of sp³-hybridized carbons (Fsp3) is 0.208. The Morgan fingerprint density at radius 1 is 1.18 bits per heavy atom. The highest BCUT2D eigenvalue weighted by atomic mass is 16.6. The average molecular weight is 447 g/mol. The SMILES string of the molecule is CON=C1CC(C)(COc2ccc(NC(=O)c3ccc(N)nc3)cc2)Oc2ccc(N)cc21. The number of anilines is 3. The number of hydrogen-bond donors (Lipinski definition) is 3. The zero-order chi connectivity index (χ0) is 23.4. The molecule has 1 aliphatic heterocycles. The number of benzene rings is 2. The Hall–Kier alpha value is -4.27. The van der Waals surface area contributed by atoms with Crippen LogP contribution in [0, 0.1) is 0 Å². The lowest BCUT2D eigenvalue weighted by Crippen LogP contribution is -2.44. The third kappa shape index (κ3) is 5.15. The predicted octanol–water partition coefficient (Wildman–Crippen LogP) is 3.47. The van der Waals surface area contributed by atoms with E-state index in [0.717, 1.165) is 11.3 Å². The normalized spacial score (nSPS) is 18.2. The molecular weight excluding hydrogens is 422 g/mol. The van der Waals surface area contributed by atoms with Crippen molar-refractivity contribution in [3.8, 4) is 11.5 Å². The molecule has 1 aliphatic rings. The maximum absolute atomic E-state index is 12.3. The monoisotopic (exact) mass is 447 g/mol. The fourth-order valence-corrected chi connectivity index (χ4v) is 3.50. The van der Waals surface area contributed by atoms with E-state index in [4.69, 9.17) is 25.8 Å². The first-order valence-corrected chi connectivity index (χ1v) is 10.3. The van der Waals surface area contributed by atoms with Gasteiger partial charge in [-0.2, -0.15) is 0 Å². The summed E-state index contributed by atoms with van der Waals surface area (Å²) in [4.78, 5) is 21.3. The molecule has 0 radical (unpaired) electrons. The van der Waals surface area contributed by atoms with Gasteiger partial charge < -0.3 is 31.1 Å². The van der Waals surface area contributed by atoms with Crippen LogP contribution >= 0.6 is 0 Å². The van der Waals surface area contributed by atoms with Gasteiger partial charge in [0.05, 0.1) is 11.3 Å². The van der Waals surface area contributed by atoms with Crippen LogP contribution in [0.3, 0.4) is 0 Å². The zero-order valence-electron chi connectivity index (χ0n) is 18.4. The molecule has 2 aromatic carbocycles. The Morgan fingerprint density at radius 2 is 1.97 bits per heavy atom. The summed E-state index contributed by atoms with van der Waals surface area (Å²) in [5.74, 6) is 1.40. The third-order valence-corrected chi connectivity index (χ3v) is 5.12. The van der Waals surface area contributed by atoms with E-state index >= 15 is 0 Å². The summed E-state index contributed by atoms with van der Waals surface area (Å²) < 4.78 is 12.2. The van der Waals surface area contributed by atoms with Gasteiger partial charge in [-0.15, -0.1) is 0 Å². The van der Waals surface area contributed by atoms with Crippen LogP contribution in [0.1, 0.15) is 29.3 Å². The maximum Gasteiger partial charge on any atom is 0.257 e. The van der Waals surface area contributed by atoms with E-state index in [0.29, 0.717) is 40.7 Å². The summed E-state index contributed by atoms with van der Waals surface area (Å²) in [7, 11) is 1.51. The van der Waals surface area contributed by atoms with Crippen molar-refractivity contribution in [1.29, 1.82) is 0 Å². The molecule has 3 aromatic rings. The van der Waals surface area contributed by atoms with Crippen LogP contribution in [-0.4, -0.2) is 35.9 Å². The molecule has 4 rings (SSSR count). The number of pyridine rings is 1. The second kappa shape index (κ2) is 9.07. The van der Waals surface area contributed by atoms with Gasteiger partial charge in [0.25, 0.3) is 5.91 Å². The number of carbonyl (C=O) groups excluding carboxylic acids is 1. The lowest BCUT2D eigenvalue weighted by Gasteiger charge is -2.35. The molecule has 9 heteroatoms. The molecule has 2 heterocycles. The van der Waals surface area contributed by atoms with Crippen molar-refractivity contribution < 1.29 is 19.1 Å². The number of amides is 1. The summed E-state index contributed by atoms with van der Waals surface area (Å²) in [6, 6.07) is 15.7. The molecule has 9 nitrogen and oxygen atoms in total. The molecular formula is C24H25N5O4. The van der Waals surface area contributed by atoms with E-state index < -0.39 is 5.60 Å². The minimum absolute atomic E-state index is 0.274. The average Bonchev–Trinajstić information content (AvgIpc) is 2.80. The second-order valence-electron chi connectivity index (χ2n) is 7.94. The topological polar surface area (TPSA) is 134 Å².